The number of carbonyl (C=O) groups excluding carboxylic acids is 2. The number of hydrogen-bond acceptors (Lipinski definition) is 4. The molecule has 0 heterocycles. The molecule has 4 aliphatic carbocycles. The third-order valence-electron chi connectivity index (χ3n) is 11.1. The Morgan fingerprint density at radius 2 is 1.81 bits per heavy atom. The first-order chi connectivity index (χ1) is 15.2. The van der Waals surface area contributed by atoms with Crippen molar-refractivity contribution in [3.05, 3.63) is 5.57 Å². The van der Waals surface area contributed by atoms with E-state index in [1.165, 1.54) is 32.8 Å². The first-order valence-electron chi connectivity index (χ1n) is 13.2. The fraction of sp³-hybridized carbons (Fsp3) is 0.893. The summed E-state index contributed by atoms with van der Waals surface area (Å²) < 4.78 is 4.88. The van der Waals surface area contributed by atoms with Gasteiger partial charge in [0.25, 0.3) is 0 Å². The molecule has 0 aromatic carbocycles. The first kappa shape index (κ1) is 24.0. The topological polar surface area (TPSA) is 63.6 Å². The zero-order valence-corrected chi connectivity index (χ0v) is 20.9. The Hall–Kier alpha value is -1.12. The zero-order chi connectivity index (χ0) is 23.3. The summed E-state index contributed by atoms with van der Waals surface area (Å²) in [4.78, 5) is 24.2. The van der Waals surface area contributed by atoms with E-state index in [4.69, 9.17) is 4.74 Å². The van der Waals surface area contributed by atoms with Crippen LogP contribution in [0.4, 0.5) is 0 Å². The molecule has 0 saturated heterocycles. The highest BCUT2D eigenvalue weighted by molar-refractivity contribution is 5.69. The van der Waals surface area contributed by atoms with Crippen molar-refractivity contribution in [2.45, 2.75) is 98.0 Å². The van der Waals surface area contributed by atoms with Gasteiger partial charge in [-0.15, -0.1) is 0 Å². The molecule has 0 radical (unpaired) electrons. The van der Waals surface area contributed by atoms with E-state index in [2.05, 4.69) is 33.6 Å². The summed E-state index contributed by atoms with van der Waals surface area (Å²) in [6.07, 6.45) is 9.79. The predicted molar refractivity (Wildman–Crippen MR) is 125 cm³/mol. The lowest BCUT2D eigenvalue weighted by atomic mass is 9.41. The maximum absolute atomic E-state index is 12.5. The van der Waals surface area contributed by atoms with Gasteiger partial charge in [-0.1, -0.05) is 27.7 Å². The standard InChI is InChI=1S/C28H44O4/c1-6-19-20(16-29)26-22-9-8-21(17(2)7-10-25(31)32-5)27(22,3)14-12-23(26)28(4)13-11-18(30)15-24(19)28/h17-19,21-24,26,30H,6-15H2,1-5H3/t17-,18-,19+,21-,22-,23?,24+,26?,27-,28-/m1/s1. The summed E-state index contributed by atoms with van der Waals surface area (Å²) in [5.41, 5.74) is 1.52. The van der Waals surface area contributed by atoms with Gasteiger partial charge in [-0.25, -0.2) is 4.79 Å². The van der Waals surface area contributed by atoms with Crippen LogP contribution in [0.2, 0.25) is 0 Å². The van der Waals surface area contributed by atoms with E-state index in [0.29, 0.717) is 41.9 Å². The van der Waals surface area contributed by atoms with Gasteiger partial charge >= 0.3 is 5.97 Å². The second kappa shape index (κ2) is 8.91. The predicted octanol–water partition coefficient (Wildman–Crippen LogP) is 5.60. The fourth-order valence-electron chi connectivity index (χ4n) is 9.48. The lowest BCUT2D eigenvalue weighted by molar-refractivity contribution is -0.141. The number of allylic oxidation sites excluding steroid dienone is 1. The van der Waals surface area contributed by atoms with Gasteiger partial charge < -0.3 is 9.84 Å². The number of fused-ring (bicyclic) bond motifs is 5. The minimum Gasteiger partial charge on any atom is -0.469 e. The van der Waals surface area contributed by atoms with Crippen LogP contribution in [-0.4, -0.2) is 30.2 Å². The molecule has 1 N–H and O–H groups in total. The molecule has 4 aliphatic rings. The molecule has 2 unspecified atom stereocenters. The summed E-state index contributed by atoms with van der Waals surface area (Å²) in [7, 11) is 1.47. The van der Waals surface area contributed by atoms with Gasteiger partial charge in [0.1, 0.15) is 5.94 Å². The number of ether oxygens (including phenoxy) is 1. The average molecular weight is 445 g/mol. The summed E-state index contributed by atoms with van der Waals surface area (Å²) >= 11 is 0. The van der Waals surface area contributed by atoms with Crippen molar-refractivity contribution in [1.82, 2.24) is 0 Å². The largest absolute Gasteiger partial charge is 0.469 e. The van der Waals surface area contributed by atoms with Gasteiger partial charge in [0, 0.05) is 12.0 Å². The summed E-state index contributed by atoms with van der Waals surface area (Å²) in [5.74, 6) is 5.62. The molecule has 4 nitrogen and oxygen atoms in total. The molecule has 4 saturated carbocycles. The Labute approximate surface area is 194 Å². The Bertz CT molecular complexity index is 769. The number of aliphatic hydroxyl groups is 1. The van der Waals surface area contributed by atoms with Gasteiger partial charge in [-0.05, 0) is 110 Å². The Morgan fingerprint density at radius 3 is 2.47 bits per heavy atom. The van der Waals surface area contributed by atoms with E-state index in [-0.39, 0.29) is 28.8 Å². The normalized spacial score (nSPS) is 46.4. The number of rotatable bonds is 5. The van der Waals surface area contributed by atoms with Crippen LogP contribution in [-0.2, 0) is 14.3 Å². The first-order valence-corrected chi connectivity index (χ1v) is 13.2. The molecule has 180 valence electrons. The monoisotopic (exact) mass is 444 g/mol. The van der Waals surface area contributed by atoms with Crippen molar-refractivity contribution in [2.75, 3.05) is 7.11 Å². The van der Waals surface area contributed by atoms with Crippen LogP contribution in [0, 0.1) is 52.3 Å². The number of methoxy groups -OCH3 is 1. The van der Waals surface area contributed by atoms with E-state index in [0.717, 1.165) is 37.7 Å². The molecule has 0 aromatic heterocycles. The van der Waals surface area contributed by atoms with Crippen molar-refractivity contribution in [3.8, 4) is 0 Å². The van der Waals surface area contributed by atoms with Crippen molar-refractivity contribution in [1.29, 1.82) is 0 Å². The smallest absolute Gasteiger partial charge is 0.305 e. The third kappa shape index (κ3) is 3.61. The SMILES string of the molecule is CC[C@H]1C(=C=O)C2C(CC[C@@]3(C)[C@@H]2CC[C@@H]3[C@H](C)CCC(=O)OC)[C@@]2(C)CC[C@@H](O)C[C@@H]12. The molecule has 0 bridgehead atoms. The molecule has 32 heavy (non-hydrogen) atoms. The molecule has 10 atom stereocenters. The van der Waals surface area contributed by atoms with E-state index in [1.54, 1.807) is 0 Å². The van der Waals surface area contributed by atoms with Crippen LogP contribution in [0.1, 0.15) is 91.9 Å². The molecule has 0 aromatic rings. The highest BCUT2D eigenvalue weighted by atomic mass is 16.5. The van der Waals surface area contributed by atoms with Crippen LogP contribution < -0.4 is 0 Å². The average Bonchev–Trinajstić information content (AvgIpc) is 3.14. The number of carbonyl (C=O) groups is 1. The summed E-state index contributed by atoms with van der Waals surface area (Å²) in [5, 5.41) is 10.5. The highest BCUT2D eigenvalue weighted by Crippen LogP contribution is 2.70. The van der Waals surface area contributed by atoms with Gasteiger partial charge in [0.05, 0.1) is 13.2 Å². The molecule has 0 aliphatic heterocycles. The van der Waals surface area contributed by atoms with Crippen molar-refractivity contribution < 1.29 is 19.4 Å². The number of esters is 1. The molecular formula is C28H44O4. The maximum atomic E-state index is 12.5. The quantitative estimate of drug-likeness (QED) is 0.443. The van der Waals surface area contributed by atoms with Crippen LogP contribution >= 0.6 is 0 Å². The molecule has 4 rings (SSSR count). The van der Waals surface area contributed by atoms with Crippen LogP contribution in [0.5, 0.6) is 0 Å². The second-order valence-electron chi connectivity index (χ2n) is 12.2. The van der Waals surface area contributed by atoms with Crippen molar-refractivity contribution in [3.63, 3.8) is 0 Å². The van der Waals surface area contributed by atoms with Gasteiger partial charge in [0.15, 0.2) is 0 Å². The Morgan fingerprint density at radius 1 is 1.12 bits per heavy atom. The minimum atomic E-state index is -0.216. The highest BCUT2D eigenvalue weighted by Gasteiger charge is 2.64. The van der Waals surface area contributed by atoms with E-state index < -0.39 is 0 Å². The van der Waals surface area contributed by atoms with Crippen LogP contribution in [0.15, 0.2) is 5.57 Å². The van der Waals surface area contributed by atoms with E-state index >= 15 is 0 Å². The van der Waals surface area contributed by atoms with Gasteiger partial charge in [-0.3, -0.25) is 4.79 Å². The maximum Gasteiger partial charge on any atom is 0.305 e. The minimum absolute atomic E-state index is 0.108. The Balaban J connectivity index is 1.64. The van der Waals surface area contributed by atoms with E-state index in [1.807, 2.05) is 0 Å². The summed E-state index contributed by atoms with van der Waals surface area (Å²) in [6.45, 7) is 9.51. The summed E-state index contributed by atoms with van der Waals surface area (Å²) in [6, 6.07) is 0. The van der Waals surface area contributed by atoms with Gasteiger partial charge in [-0.2, -0.15) is 0 Å². The van der Waals surface area contributed by atoms with Crippen LogP contribution in [0.25, 0.3) is 0 Å². The lowest BCUT2D eigenvalue weighted by Crippen LogP contribution is -2.57. The molecule has 0 amide bonds. The van der Waals surface area contributed by atoms with Crippen LogP contribution in [0.3, 0.4) is 0 Å². The lowest BCUT2D eigenvalue weighted by Gasteiger charge is -2.63. The molecular weight excluding hydrogens is 400 g/mol. The molecule has 0 spiro atoms. The zero-order valence-electron chi connectivity index (χ0n) is 20.9. The van der Waals surface area contributed by atoms with Crippen molar-refractivity contribution in [2.24, 2.45) is 52.3 Å². The van der Waals surface area contributed by atoms with Gasteiger partial charge in [0.2, 0.25) is 0 Å². The van der Waals surface area contributed by atoms with E-state index in [9.17, 15) is 14.7 Å². The molecule has 4 heteroatoms. The third-order valence-corrected chi connectivity index (χ3v) is 11.1. The second-order valence-corrected chi connectivity index (χ2v) is 12.2. The fourth-order valence-corrected chi connectivity index (χ4v) is 9.48. The van der Waals surface area contributed by atoms with Crippen molar-refractivity contribution >= 4 is 11.9 Å². The number of hydrogen-bond donors (Lipinski definition) is 1. The molecule has 4 fully saturated rings. The Kier molecular flexibility index (Phi) is 6.69. The number of aliphatic hydroxyl groups excluding tert-OH is 1.